The van der Waals surface area contributed by atoms with Crippen LogP contribution < -0.4 is 0 Å². The van der Waals surface area contributed by atoms with Crippen LogP contribution in [0.3, 0.4) is 0 Å². The first-order valence-electron chi connectivity index (χ1n) is 6.39. The molecule has 1 unspecified atom stereocenters. The molecule has 7 heteroatoms. The van der Waals surface area contributed by atoms with Gasteiger partial charge in [0.15, 0.2) is 0 Å². The van der Waals surface area contributed by atoms with Crippen LogP contribution in [0.15, 0.2) is 23.1 Å². The van der Waals surface area contributed by atoms with Gasteiger partial charge in [-0.2, -0.15) is 4.31 Å². The molecule has 5 nitrogen and oxygen atoms in total. The van der Waals surface area contributed by atoms with Crippen molar-refractivity contribution in [2.24, 2.45) is 5.92 Å². The Kier molecular flexibility index (Phi) is 4.10. The summed E-state index contributed by atoms with van der Waals surface area (Å²) in [6, 6.07) is 2.71. The minimum atomic E-state index is -3.97. The Morgan fingerprint density at radius 3 is 2.75 bits per heavy atom. The summed E-state index contributed by atoms with van der Waals surface area (Å²) in [6.07, 6.45) is 1.61. The number of carboxylic acid groups (broad SMARTS) is 1. The number of nitrogens with zero attached hydrogens (tertiary/aromatic N) is 1. The summed E-state index contributed by atoms with van der Waals surface area (Å²) < 4.78 is 39.5. The number of benzene rings is 1. The first-order valence-corrected chi connectivity index (χ1v) is 7.83. The number of carbonyl (C=O) groups is 1. The molecular weight excluding hydrogens is 285 g/mol. The number of hydrogen-bond donors (Lipinski definition) is 1. The number of hydrogen-bond acceptors (Lipinski definition) is 3. The molecule has 1 aliphatic heterocycles. The van der Waals surface area contributed by atoms with Crippen molar-refractivity contribution in [2.75, 3.05) is 13.1 Å². The quantitative estimate of drug-likeness (QED) is 0.922. The molecule has 110 valence electrons. The summed E-state index contributed by atoms with van der Waals surface area (Å²) in [6.45, 7) is 2.68. The summed E-state index contributed by atoms with van der Waals surface area (Å²) in [5.41, 5.74) is -0.397. The molecule has 0 aromatic heterocycles. The van der Waals surface area contributed by atoms with E-state index in [4.69, 9.17) is 5.11 Å². The molecule has 2 rings (SSSR count). The number of carboxylic acids is 1. The van der Waals surface area contributed by atoms with Gasteiger partial charge in [-0.15, -0.1) is 0 Å². The third-order valence-electron chi connectivity index (χ3n) is 3.62. The molecule has 0 aliphatic carbocycles. The minimum absolute atomic E-state index is 0.270. The summed E-state index contributed by atoms with van der Waals surface area (Å²) in [7, 11) is -3.97. The second kappa shape index (κ2) is 5.49. The maximum absolute atomic E-state index is 13.3. The predicted molar refractivity (Wildman–Crippen MR) is 70.5 cm³/mol. The van der Waals surface area contributed by atoms with E-state index in [1.165, 1.54) is 4.31 Å². The average molecular weight is 301 g/mol. The van der Waals surface area contributed by atoms with Gasteiger partial charge in [0.05, 0.1) is 10.5 Å². The van der Waals surface area contributed by atoms with E-state index in [0.717, 1.165) is 31.0 Å². The van der Waals surface area contributed by atoms with Gasteiger partial charge in [0, 0.05) is 13.1 Å². The summed E-state index contributed by atoms with van der Waals surface area (Å²) in [5.74, 6) is -1.87. The normalized spacial score (nSPS) is 20.2. The molecule has 0 radical (unpaired) electrons. The van der Waals surface area contributed by atoms with Gasteiger partial charge in [-0.3, -0.25) is 0 Å². The fourth-order valence-corrected chi connectivity index (χ4v) is 4.10. The third-order valence-corrected chi connectivity index (χ3v) is 5.52. The summed E-state index contributed by atoms with van der Waals surface area (Å²) in [4.78, 5) is 10.6. The van der Waals surface area contributed by atoms with Crippen LogP contribution >= 0.6 is 0 Å². The van der Waals surface area contributed by atoms with Crippen LogP contribution in [0.5, 0.6) is 0 Å². The Labute approximate surface area is 117 Å². The Morgan fingerprint density at radius 2 is 2.20 bits per heavy atom. The lowest BCUT2D eigenvalue weighted by molar-refractivity contribution is 0.0692. The highest BCUT2D eigenvalue weighted by Gasteiger charge is 2.34. The van der Waals surface area contributed by atoms with Crippen LogP contribution in [0.4, 0.5) is 4.39 Å². The standard InChI is InChI=1S/C13H16FNO4S/c1-2-9-5-6-15(8-9)20(18,19)12-7-10(14)3-4-11(12)13(16)17/h3-4,7,9H,2,5-6,8H2,1H3,(H,16,17). The zero-order valence-corrected chi connectivity index (χ0v) is 11.9. The van der Waals surface area contributed by atoms with E-state index in [9.17, 15) is 17.6 Å². The zero-order chi connectivity index (χ0) is 14.9. The Hall–Kier alpha value is -1.47. The van der Waals surface area contributed by atoms with E-state index in [-0.39, 0.29) is 5.92 Å². The molecule has 1 aliphatic rings. The van der Waals surface area contributed by atoms with Gasteiger partial charge in [-0.25, -0.2) is 17.6 Å². The molecule has 20 heavy (non-hydrogen) atoms. The molecule has 0 bridgehead atoms. The second-order valence-corrected chi connectivity index (χ2v) is 6.78. The van der Waals surface area contributed by atoms with Crippen molar-refractivity contribution in [3.63, 3.8) is 0 Å². The number of halogens is 1. The van der Waals surface area contributed by atoms with Crippen molar-refractivity contribution in [3.8, 4) is 0 Å². The molecule has 1 saturated heterocycles. The zero-order valence-electron chi connectivity index (χ0n) is 11.0. The van der Waals surface area contributed by atoms with Crippen molar-refractivity contribution in [2.45, 2.75) is 24.7 Å². The first-order chi connectivity index (χ1) is 9.36. The fourth-order valence-electron chi connectivity index (χ4n) is 2.37. The highest BCUT2D eigenvalue weighted by molar-refractivity contribution is 7.89. The number of aromatic carboxylic acids is 1. The predicted octanol–water partition coefficient (Wildman–Crippen LogP) is 1.94. The summed E-state index contributed by atoms with van der Waals surface area (Å²) >= 11 is 0. The SMILES string of the molecule is CCC1CCN(S(=O)(=O)c2cc(F)ccc2C(=O)O)C1. The van der Waals surface area contributed by atoms with E-state index in [1.54, 1.807) is 0 Å². The second-order valence-electron chi connectivity index (χ2n) is 4.87. The van der Waals surface area contributed by atoms with E-state index in [2.05, 4.69) is 0 Å². The van der Waals surface area contributed by atoms with Crippen molar-refractivity contribution < 1.29 is 22.7 Å². The first kappa shape index (κ1) is 14.9. The Balaban J connectivity index is 2.44. The van der Waals surface area contributed by atoms with Crippen LogP contribution in [0.2, 0.25) is 0 Å². The largest absolute Gasteiger partial charge is 0.478 e. The molecule has 0 saturated carbocycles. The monoisotopic (exact) mass is 301 g/mol. The van der Waals surface area contributed by atoms with Gasteiger partial charge in [0.2, 0.25) is 10.0 Å². The molecule has 1 fully saturated rings. The molecule has 1 N–H and O–H groups in total. The Bertz CT molecular complexity index is 629. The van der Waals surface area contributed by atoms with Gasteiger partial charge >= 0.3 is 5.97 Å². The fraction of sp³-hybridized carbons (Fsp3) is 0.462. The van der Waals surface area contributed by atoms with Crippen molar-refractivity contribution in [3.05, 3.63) is 29.6 Å². The molecule has 0 amide bonds. The van der Waals surface area contributed by atoms with Gasteiger partial charge < -0.3 is 5.11 Å². The van der Waals surface area contributed by atoms with Crippen LogP contribution in [-0.4, -0.2) is 36.9 Å². The van der Waals surface area contributed by atoms with Crippen LogP contribution in [0, 0.1) is 11.7 Å². The van der Waals surface area contributed by atoms with Crippen molar-refractivity contribution >= 4 is 16.0 Å². The molecular formula is C13H16FNO4S. The van der Waals surface area contributed by atoms with Gasteiger partial charge in [-0.1, -0.05) is 13.3 Å². The lowest BCUT2D eigenvalue weighted by Crippen LogP contribution is -2.30. The third kappa shape index (κ3) is 2.69. The highest BCUT2D eigenvalue weighted by Crippen LogP contribution is 2.28. The number of sulfonamides is 1. The summed E-state index contributed by atoms with van der Waals surface area (Å²) in [5, 5.41) is 9.06. The van der Waals surface area contributed by atoms with Crippen molar-refractivity contribution in [1.82, 2.24) is 4.31 Å². The Morgan fingerprint density at radius 1 is 1.50 bits per heavy atom. The minimum Gasteiger partial charge on any atom is -0.478 e. The van der Waals surface area contributed by atoms with Crippen LogP contribution in [-0.2, 0) is 10.0 Å². The van der Waals surface area contributed by atoms with E-state index in [1.807, 2.05) is 6.92 Å². The highest BCUT2D eigenvalue weighted by atomic mass is 32.2. The van der Waals surface area contributed by atoms with E-state index >= 15 is 0 Å². The number of rotatable bonds is 4. The molecule has 1 atom stereocenters. The van der Waals surface area contributed by atoms with E-state index in [0.29, 0.717) is 13.1 Å². The lowest BCUT2D eigenvalue weighted by Gasteiger charge is -2.17. The van der Waals surface area contributed by atoms with E-state index < -0.39 is 32.3 Å². The topological polar surface area (TPSA) is 74.7 Å². The average Bonchev–Trinajstić information content (AvgIpc) is 2.87. The molecule has 1 aromatic rings. The van der Waals surface area contributed by atoms with Gasteiger partial charge in [0.1, 0.15) is 5.82 Å². The molecule has 1 heterocycles. The maximum atomic E-state index is 13.3. The molecule has 1 aromatic carbocycles. The van der Waals surface area contributed by atoms with Gasteiger partial charge in [0.25, 0.3) is 0 Å². The lowest BCUT2D eigenvalue weighted by atomic mass is 10.1. The molecule has 0 spiro atoms. The smallest absolute Gasteiger partial charge is 0.337 e. The van der Waals surface area contributed by atoms with Crippen LogP contribution in [0.1, 0.15) is 30.1 Å². The van der Waals surface area contributed by atoms with Gasteiger partial charge in [-0.05, 0) is 30.5 Å². The van der Waals surface area contributed by atoms with Crippen molar-refractivity contribution in [1.29, 1.82) is 0 Å². The van der Waals surface area contributed by atoms with Crippen LogP contribution in [0.25, 0.3) is 0 Å². The maximum Gasteiger partial charge on any atom is 0.337 e.